The number of hydrogen-bond acceptors (Lipinski definition) is 6. The van der Waals surface area contributed by atoms with Crippen LogP contribution in [0.5, 0.6) is 17.2 Å². The summed E-state index contributed by atoms with van der Waals surface area (Å²) in [6, 6.07) is 13.1. The summed E-state index contributed by atoms with van der Waals surface area (Å²) in [7, 11) is 1.60. The zero-order valence-electron chi connectivity index (χ0n) is 16.0. The van der Waals surface area contributed by atoms with Gasteiger partial charge in [0.05, 0.1) is 12.0 Å². The number of para-hydroxylation sites is 1. The number of amides is 2. The molecule has 1 saturated heterocycles. The van der Waals surface area contributed by atoms with E-state index in [4.69, 9.17) is 14.2 Å². The zero-order chi connectivity index (χ0) is 20.6. The van der Waals surface area contributed by atoms with Crippen LogP contribution in [0.1, 0.15) is 11.1 Å². The van der Waals surface area contributed by atoms with Gasteiger partial charge in [0.15, 0.2) is 11.5 Å². The van der Waals surface area contributed by atoms with E-state index in [1.54, 1.807) is 19.3 Å². The Bertz CT molecular complexity index is 954. The minimum Gasteiger partial charge on any atom is -0.493 e. The van der Waals surface area contributed by atoms with Crippen molar-refractivity contribution in [3.05, 3.63) is 71.2 Å². The van der Waals surface area contributed by atoms with Gasteiger partial charge >= 0.3 is 0 Å². The highest BCUT2D eigenvalue weighted by atomic mass is 32.2. The first kappa shape index (κ1) is 20.5. The first-order valence-corrected chi connectivity index (χ1v) is 9.79. The summed E-state index contributed by atoms with van der Waals surface area (Å²) in [5.74, 6) is 1.50. The maximum absolute atomic E-state index is 11.7. The van der Waals surface area contributed by atoms with Gasteiger partial charge in [0.25, 0.3) is 11.1 Å². The highest BCUT2D eigenvalue weighted by Gasteiger charge is 2.25. The summed E-state index contributed by atoms with van der Waals surface area (Å²) in [5.41, 5.74) is 1.81. The maximum atomic E-state index is 11.7. The summed E-state index contributed by atoms with van der Waals surface area (Å²) in [5, 5.41) is 1.86. The molecule has 1 heterocycles. The standard InChI is InChI=1S/C22H21NO5S/c1-3-6-15-9-10-18(19(13-15)26-2)28-12-11-27-17-8-5-4-7-16(17)14-20-21(24)23-22(25)29-20/h3-5,7-10,13-14H,1,6,11-12H2,2H3,(H,23,24,25). The summed E-state index contributed by atoms with van der Waals surface area (Å²) in [6.07, 6.45) is 4.23. The number of ether oxygens (including phenoxy) is 3. The van der Waals surface area contributed by atoms with Gasteiger partial charge in [-0.1, -0.05) is 30.3 Å². The molecule has 0 aliphatic carbocycles. The Balaban J connectivity index is 1.60. The summed E-state index contributed by atoms with van der Waals surface area (Å²) in [6.45, 7) is 4.35. The smallest absolute Gasteiger partial charge is 0.290 e. The van der Waals surface area contributed by atoms with Crippen molar-refractivity contribution in [1.29, 1.82) is 0 Å². The number of methoxy groups -OCH3 is 1. The Hall–Kier alpha value is -3.19. The molecule has 2 aromatic carbocycles. The number of nitrogens with one attached hydrogen (secondary N) is 1. The van der Waals surface area contributed by atoms with Crippen LogP contribution in [0.15, 0.2) is 60.0 Å². The Labute approximate surface area is 173 Å². The molecule has 29 heavy (non-hydrogen) atoms. The van der Waals surface area contributed by atoms with Gasteiger partial charge in [-0.25, -0.2) is 0 Å². The average molecular weight is 411 g/mol. The van der Waals surface area contributed by atoms with E-state index in [9.17, 15) is 9.59 Å². The van der Waals surface area contributed by atoms with Crippen LogP contribution in [0.25, 0.3) is 6.08 Å². The normalized spacial score (nSPS) is 14.6. The van der Waals surface area contributed by atoms with Crippen molar-refractivity contribution in [2.45, 2.75) is 6.42 Å². The number of allylic oxidation sites excluding steroid dienone is 1. The number of carbonyl (C=O) groups excluding carboxylic acids is 2. The highest BCUT2D eigenvalue weighted by Crippen LogP contribution is 2.30. The Morgan fingerprint density at radius 1 is 1.03 bits per heavy atom. The monoisotopic (exact) mass is 411 g/mol. The van der Waals surface area contributed by atoms with E-state index in [-0.39, 0.29) is 5.24 Å². The molecule has 0 aromatic heterocycles. The van der Waals surface area contributed by atoms with E-state index in [0.717, 1.165) is 23.7 Å². The second kappa shape index (κ2) is 9.84. The first-order chi connectivity index (χ1) is 14.1. The Morgan fingerprint density at radius 3 is 2.48 bits per heavy atom. The van der Waals surface area contributed by atoms with Crippen molar-refractivity contribution in [3.8, 4) is 17.2 Å². The van der Waals surface area contributed by atoms with Crippen LogP contribution in [0, 0.1) is 0 Å². The third kappa shape index (κ3) is 5.42. The van der Waals surface area contributed by atoms with Gasteiger partial charge in [0.2, 0.25) is 0 Å². The first-order valence-electron chi connectivity index (χ1n) is 8.98. The number of hydrogen-bond donors (Lipinski definition) is 1. The van der Waals surface area contributed by atoms with Crippen LogP contribution >= 0.6 is 11.8 Å². The Kier molecular flexibility index (Phi) is 6.97. The van der Waals surface area contributed by atoms with Crippen LogP contribution in [0.4, 0.5) is 4.79 Å². The fourth-order valence-corrected chi connectivity index (χ4v) is 3.39. The molecule has 1 N–H and O–H groups in total. The van der Waals surface area contributed by atoms with Gasteiger partial charge in [-0.05, 0) is 48.0 Å². The summed E-state index contributed by atoms with van der Waals surface area (Å²) >= 11 is 0.873. The van der Waals surface area contributed by atoms with E-state index in [1.165, 1.54) is 0 Å². The predicted molar refractivity (Wildman–Crippen MR) is 113 cm³/mol. The molecule has 3 rings (SSSR count). The van der Waals surface area contributed by atoms with Gasteiger partial charge in [-0.15, -0.1) is 6.58 Å². The van der Waals surface area contributed by atoms with E-state index < -0.39 is 5.91 Å². The van der Waals surface area contributed by atoms with E-state index in [1.807, 2.05) is 42.5 Å². The van der Waals surface area contributed by atoms with Crippen molar-refractivity contribution < 1.29 is 23.8 Å². The molecule has 1 fully saturated rings. The highest BCUT2D eigenvalue weighted by molar-refractivity contribution is 8.18. The second-order valence-corrected chi connectivity index (χ2v) is 7.08. The zero-order valence-corrected chi connectivity index (χ0v) is 16.8. The van der Waals surface area contributed by atoms with E-state index >= 15 is 0 Å². The van der Waals surface area contributed by atoms with E-state index in [0.29, 0.717) is 40.9 Å². The van der Waals surface area contributed by atoms with Crippen molar-refractivity contribution in [2.75, 3.05) is 20.3 Å². The number of thioether (sulfide) groups is 1. The molecule has 150 valence electrons. The van der Waals surface area contributed by atoms with Gasteiger partial charge in [-0.2, -0.15) is 0 Å². The molecule has 2 aromatic rings. The number of imide groups is 1. The number of benzene rings is 2. The molecule has 0 radical (unpaired) electrons. The van der Waals surface area contributed by atoms with Crippen LogP contribution in [0.2, 0.25) is 0 Å². The SMILES string of the molecule is C=CCc1ccc(OCCOc2ccccc2C=C2SC(=O)NC2=O)c(OC)c1. The van der Waals surface area contributed by atoms with Crippen molar-refractivity contribution >= 4 is 29.0 Å². The predicted octanol–water partition coefficient (Wildman–Crippen LogP) is 4.21. The van der Waals surface area contributed by atoms with Gasteiger partial charge in [0.1, 0.15) is 19.0 Å². The lowest BCUT2D eigenvalue weighted by molar-refractivity contribution is -0.115. The minimum atomic E-state index is -0.398. The lowest BCUT2D eigenvalue weighted by Crippen LogP contribution is -2.17. The molecule has 0 atom stereocenters. The maximum Gasteiger partial charge on any atom is 0.290 e. The quantitative estimate of drug-likeness (QED) is 0.379. The Morgan fingerprint density at radius 2 is 1.79 bits per heavy atom. The molecule has 7 heteroatoms. The topological polar surface area (TPSA) is 73.9 Å². The molecule has 0 spiro atoms. The van der Waals surface area contributed by atoms with Crippen LogP contribution in [-0.4, -0.2) is 31.5 Å². The van der Waals surface area contributed by atoms with Crippen LogP contribution in [-0.2, 0) is 11.2 Å². The molecule has 0 saturated carbocycles. The lowest BCUT2D eigenvalue weighted by Gasteiger charge is -2.13. The largest absolute Gasteiger partial charge is 0.493 e. The van der Waals surface area contributed by atoms with Gasteiger partial charge < -0.3 is 14.2 Å². The molecule has 6 nitrogen and oxygen atoms in total. The third-order valence-electron chi connectivity index (χ3n) is 4.05. The molecule has 0 unspecified atom stereocenters. The minimum absolute atomic E-state index is 0.302. The van der Waals surface area contributed by atoms with Crippen molar-refractivity contribution in [3.63, 3.8) is 0 Å². The molecule has 1 aliphatic heterocycles. The fourth-order valence-electron chi connectivity index (χ4n) is 2.72. The van der Waals surface area contributed by atoms with Crippen molar-refractivity contribution in [1.82, 2.24) is 5.32 Å². The van der Waals surface area contributed by atoms with Crippen LogP contribution < -0.4 is 19.5 Å². The number of carbonyl (C=O) groups is 2. The summed E-state index contributed by atoms with van der Waals surface area (Å²) in [4.78, 5) is 23.4. The molecular formula is C22H21NO5S. The van der Waals surface area contributed by atoms with Gasteiger partial charge in [-0.3, -0.25) is 14.9 Å². The molecule has 2 amide bonds. The van der Waals surface area contributed by atoms with Crippen LogP contribution in [0.3, 0.4) is 0 Å². The lowest BCUT2D eigenvalue weighted by atomic mass is 10.1. The second-order valence-electron chi connectivity index (χ2n) is 6.06. The van der Waals surface area contributed by atoms with Crippen molar-refractivity contribution in [2.24, 2.45) is 0 Å². The molecule has 0 bridgehead atoms. The van der Waals surface area contributed by atoms with Gasteiger partial charge in [0, 0.05) is 5.56 Å². The summed E-state index contributed by atoms with van der Waals surface area (Å²) < 4.78 is 17.0. The molecular weight excluding hydrogens is 390 g/mol. The fraction of sp³-hybridized carbons (Fsp3) is 0.182. The molecule has 1 aliphatic rings. The third-order valence-corrected chi connectivity index (χ3v) is 4.86. The van der Waals surface area contributed by atoms with E-state index in [2.05, 4.69) is 11.9 Å². The number of rotatable bonds is 9. The average Bonchev–Trinajstić information content (AvgIpc) is 3.04.